The van der Waals surface area contributed by atoms with Gasteiger partial charge in [-0.15, -0.1) is 0 Å². The van der Waals surface area contributed by atoms with Crippen LogP contribution in [-0.2, 0) is 23.1 Å². The Morgan fingerprint density at radius 1 is 1.16 bits per heavy atom. The minimum absolute atomic E-state index is 0.143. The quantitative estimate of drug-likeness (QED) is 0.534. The van der Waals surface area contributed by atoms with Crippen molar-refractivity contribution in [1.82, 2.24) is 4.72 Å². The Labute approximate surface area is 182 Å². The summed E-state index contributed by atoms with van der Waals surface area (Å²) in [5, 5.41) is 9.77. The van der Waals surface area contributed by atoms with E-state index in [1.807, 2.05) is 4.72 Å². The molecule has 4 rings (SSSR count). The number of anilines is 1. The predicted molar refractivity (Wildman–Crippen MR) is 118 cm³/mol. The average Bonchev–Trinajstić information content (AvgIpc) is 3.05. The maximum absolute atomic E-state index is 12.7. The van der Waals surface area contributed by atoms with Gasteiger partial charge in [0, 0.05) is 0 Å². The molecule has 0 unspecified atom stereocenters. The second-order valence-corrected chi connectivity index (χ2v) is 9.69. The van der Waals surface area contributed by atoms with Crippen LogP contribution in [-0.4, -0.2) is 19.5 Å². The van der Waals surface area contributed by atoms with Crippen LogP contribution in [0, 0.1) is 5.41 Å². The van der Waals surface area contributed by atoms with Crippen molar-refractivity contribution >= 4 is 21.9 Å². The summed E-state index contributed by atoms with van der Waals surface area (Å²) in [6, 6.07) is 12.1. The van der Waals surface area contributed by atoms with E-state index in [1.165, 1.54) is 0 Å². The van der Waals surface area contributed by atoms with Crippen LogP contribution in [0.3, 0.4) is 0 Å². The summed E-state index contributed by atoms with van der Waals surface area (Å²) in [5.74, 6) is -0.925. The number of aliphatic hydroxyl groups is 1. The number of hydrogen-bond acceptors (Lipinski definition) is 5. The molecule has 0 spiro atoms. The Morgan fingerprint density at radius 2 is 1.87 bits per heavy atom. The van der Waals surface area contributed by atoms with E-state index in [1.54, 1.807) is 42.5 Å². The van der Waals surface area contributed by atoms with Gasteiger partial charge in [0.05, 0.1) is 11.8 Å². The fourth-order valence-electron chi connectivity index (χ4n) is 4.37. The molecule has 0 amide bonds. The van der Waals surface area contributed by atoms with Crippen molar-refractivity contribution in [3.63, 3.8) is 0 Å². The number of ether oxygens (including phenoxy) is 1. The second kappa shape index (κ2) is 7.92. The molecule has 0 bridgehead atoms. The minimum Gasteiger partial charge on any atom is -0.493 e. The summed E-state index contributed by atoms with van der Waals surface area (Å²) < 4.78 is 33.7. The van der Waals surface area contributed by atoms with Gasteiger partial charge in [-0.3, -0.25) is 0 Å². The predicted octanol–water partition coefficient (Wildman–Crippen LogP) is 4.21. The summed E-state index contributed by atoms with van der Waals surface area (Å²) in [6.45, 7) is 4.36. The van der Waals surface area contributed by atoms with Crippen LogP contribution < -0.4 is 13.8 Å². The molecule has 31 heavy (non-hydrogen) atoms. The summed E-state index contributed by atoms with van der Waals surface area (Å²) in [7, 11) is -4.03. The second-order valence-electron chi connectivity index (χ2n) is 8.15. The molecule has 1 aliphatic heterocycles. The number of nitrogens with one attached hydrogen (secondary N) is 1. The highest BCUT2D eigenvalue weighted by Crippen LogP contribution is 2.45. The van der Waals surface area contributed by atoms with E-state index in [-0.39, 0.29) is 16.9 Å². The smallest absolute Gasteiger partial charge is 0.343 e. The summed E-state index contributed by atoms with van der Waals surface area (Å²) in [4.78, 5) is 12.7. The van der Waals surface area contributed by atoms with Crippen LogP contribution in [0.4, 0.5) is 5.69 Å². The Morgan fingerprint density at radius 3 is 2.48 bits per heavy atom. The number of esters is 1. The number of nitrogens with zero attached hydrogens (tertiary/aromatic N) is 1. The van der Waals surface area contributed by atoms with Crippen LogP contribution in [0.1, 0.15) is 54.6 Å². The summed E-state index contributed by atoms with van der Waals surface area (Å²) >= 11 is 0. The molecule has 2 aromatic rings. The van der Waals surface area contributed by atoms with E-state index in [2.05, 4.69) is 13.8 Å². The molecule has 1 aliphatic carbocycles. The van der Waals surface area contributed by atoms with Crippen molar-refractivity contribution < 1.29 is 23.1 Å². The molecule has 2 aliphatic rings. The Balaban J connectivity index is 1.80. The van der Waals surface area contributed by atoms with Gasteiger partial charge < -0.3 is 9.84 Å². The first-order chi connectivity index (χ1) is 14.8. The molecule has 7 nitrogen and oxygen atoms in total. The number of benzene rings is 2. The summed E-state index contributed by atoms with van der Waals surface area (Å²) in [6.07, 6.45) is 5.83. The van der Waals surface area contributed by atoms with E-state index in [0.29, 0.717) is 5.56 Å². The number of carbonyl (C=O) groups is 1. The maximum Gasteiger partial charge on any atom is 0.343 e. The lowest BCUT2D eigenvalue weighted by molar-refractivity contribution is 0.0735. The number of aryl methyl sites for hydroxylation is 1. The van der Waals surface area contributed by atoms with Crippen LogP contribution in [0.15, 0.2) is 54.5 Å². The van der Waals surface area contributed by atoms with Gasteiger partial charge >= 0.3 is 16.2 Å². The van der Waals surface area contributed by atoms with Crippen LogP contribution in [0.5, 0.6) is 5.75 Å². The zero-order valence-electron chi connectivity index (χ0n) is 17.6. The monoisotopic (exact) mass is 442 g/mol. The van der Waals surface area contributed by atoms with E-state index >= 15 is 0 Å². The van der Waals surface area contributed by atoms with Crippen molar-refractivity contribution in [2.45, 2.75) is 46.0 Å². The maximum atomic E-state index is 12.7. The molecule has 2 N–H and O–H groups in total. The highest BCUT2D eigenvalue weighted by atomic mass is 32.2. The fraction of sp³-hybridized carbons (Fsp3) is 0.348. The van der Waals surface area contributed by atoms with E-state index in [0.717, 1.165) is 53.7 Å². The molecule has 2 aromatic carbocycles. The van der Waals surface area contributed by atoms with Crippen molar-refractivity contribution in [1.29, 1.82) is 0 Å². The van der Waals surface area contributed by atoms with Gasteiger partial charge in [0.1, 0.15) is 5.69 Å². The zero-order valence-corrected chi connectivity index (χ0v) is 18.4. The zero-order chi connectivity index (χ0) is 22.2. The van der Waals surface area contributed by atoms with Crippen LogP contribution in [0.2, 0.25) is 0 Å². The third-order valence-electron chi connectivity index (χ3n) is 6.45. The third kappa shape index (κ3) is 3.99. The van der Waals surface area contributed by atoms with Crippen LogP contribution >= 0.6 is 0 Å². The van der Waals surface area contributed by atoms with Gasteiger partial charge in [-0.2, -0.15) is 8.42 Å². The Bertz CT molecular complexity index is 1140. The molecule has 0 aromatic heterocycles. The number of aliphatic hydroxyl groups excluding tert-OH is 1. The lowest BCUT2D eigenvalue weighted by Crippen LogP contribution is -2.31. The van der Waals surface area contributed by atoms with Gasteiger partial charge in [0.25, 0.3) is 0 Å². The van der Waals surface area contributed by atoms with Gasteiger partial charge in [-0.1, -0.05) is 44.9 Å². The van der Waals surface area contributed by atoms with Crippen molar-refractivity contribution in [3.8, 4) is 5.75 Å². The summed E-state index contributed by atoms with van der Waals surface area (Å²) in [5.41, 5.74) is 2.83. The first-order valence-electron chi connectivity index (χ1n) is 10.4. The average molecular weight is 443 g/mol. The van der Waals surface area contributed by atoms with Gasteiger partial charge in [0.15, 0.2) is 5.75 Å². The Hall–Kier alpha value is -3.00. The third-order valence-corrected chi connectivity index (χ3v) is 7.74. The molecular formula is C23H26N2O5S. The minimum atomic E-state index is -4.03. The number of rotatable bonds is 5. The van der Waals surface area contributed by atoms with Gasteiger partial charge in [-0.05, 0) is 60.1 Å². The lowest BCUT2D eigenvalue weighted by atomic mass is 9.68. The Kier molecular flexibility index (Phi) is 5.43. The largest absolute Gasteiger partial charge is 0.493 e. The van der Waals surface area contributed by atoms with Crippen molar-refractivity contribution in [2.75, 3.05) is 4.31 Å². The number of hydrogen-bond donors (Lipinski definition) is 2. The van der Waals surface area contributed by atoms with E-state index in [4.69, 9.17) is 4.74 Å². The first kappa shape index (κ1) is 21.2. The highest BCUT2D eigenvalue weighted by molar-refractivity contribution is 7.91. The van der Waals surface area contributed by atoms with E-state index < -0.39 is 22.1 Å². The van der Waals surface area contributed by atoms with E-state index in [9.17, 15) is 18.3 Å². The molecule has 8 heteroatoms. The molecule has 0 saturated carbocycles. The first-order valence-corrected chi connectivity index (χ1v) is 11.9. The van der Waals surface area contributed by atoms with Gasteiger partial charge in [-0.25, -0.2) is 13.8 Å². The van der Waals surface area contributed by atoms with Gasteiger partial charge in [0.2, 0.25) is 5.88 Å². The molecular weight excluding hydrogens is 416 g/mol. The molecule has 0 fully saturated rings. The SMILES string of the molecule is CCC1(CC)CCc2cc(OC(=O)c3ccccc3)c(N3C=C(O)NS3(=O)=O)cc2C1. The molecule has 164 valence electrons. The van der Waals surface area contributed by atoms with Crippen LogP contribution in [0.25, 0.3) is 0 Å². The van der Waals surface area contributed by atoms with Crippen molar-refractivity contribution in [2.24, 2.45) is 5.41 Å². The lowest BCUT2D eigenvalue weighted by Gasteiger charge is -2.37. The molecule has 0 saturated heterocycles. The standard InChI is InChI=1S/C23H26N2O5S/c1-3-23(4-2)11-10-17-13-20(30-22(27)16-8-6-5-7-9-16)19(12-18(17)14-23)25-15-21(26)24-31(25,28)29/h5-9,12-13,15,24,26H,3-4,10-11,14H2,1-2H3. The molecule has 1 heterocycles. The normalized spacial score (nSPS) is 18.6. The van der Waals surface area contributed by atoms with Crippen molar-refractivity contribution in [3.05, 3.63) is 71.2 Å². The molecule has 0 radical (unpaired) electrons. The fourth-order valence-corrected chi connectivity index (χ4v) is 5.43. The topological polar surface area (TPSA) is 95.9 Å². The number of fused-ring (bicyclic) bond motifs is 1. The highest BCUT2D eigenvalue weighted by Gasteiger charge is 2.36. The molecule has 0 atom stereocenters. The number of carbonyl (C=O) groups excluding carboxylic acids is 1.